The first-order valence-corrected chi connectivity index (χ1v) is 8.80. The SMILES string of the molecule is CCNC(=NCc1ccc(C)cc1OC(C)CC)NCc1ccon1. The highest BCUT2D eigenvalue weighted by Crippen LogP contribution is 2.23. The number of aliphatic imine (C=N–C) groups is 1. The molecule has 136 valence electrons. The van der Waals surface area contributed by atoms with Gasteiger partial charge in [0.05, 0.1) is 19.2 Å². The molecule has 1 unspecified atom stereocenters. The Balaban J connectivity index is 2.07. The second kappa shape index (κ2) is 9.71. The van der Waals surface area contributed by atoms with Crippen molar-refractivity contribution >= 4 is 5.96 Å². The van der Waals surface area contributed by atoms with Gasteiger partial charge in [-0.3, -0.25) is 0 Å². The number of aromatic nitrogens is 1. The van der Waals surface area contributed by atoms with E-state index in [1.807, 2.05) is 13.0 Å². The number of rotatable bonds is 8. The number of hydrogen-bond acceptors (Lipinski definition) is 4. The Morgan fingerprint density at radius 3 is 2.80 bits per heavy atom. The lowest BCUT2D eigenvalue weighted by molar-refractivity contribution is 0.215. The van der Waals surface area contributed by atoms with Gasteiger partial charge in [0.2, 0.25) is 0 Å². The molecule has 2 N–H and O–H groups in total. The van der Waals surface area contributed by atoms with Gasteiger partial charge in [-0.2, -0.15) is 0 Å². The quantitative estimate of drug-likeness (QED) is 0.567. The summed E-state index contributed by atoms with van der Waals surface area (Å²) in [5.41, 5.74) is 3.09. The maximum Gasteiger partial charge on any atom is 0.191 e. The first kappa shape index (κ1) is 18.8. The van der Waals surface area contributed by atoms with E-state index in [2.05, 4.69) is 59.8 Å². The van der Waals surface area contributed by atoms with Gasteiger partial charge in [0.25, 0.3) is 0 Å². The third-order valence-corrected chi connectivity index (χ3v) is 3.81. The van der Waals surface area contributed by atoms with Crippen LogP contribution >= 0.6 is 0 Å². The van der Waals surface area contributed by atoms with Crippen molar-refractivity contribution in [1.29, 1.82) is 0 Å². The summed E-state index contributed by atoms with van der Waals surface area (Å²) >= 11 is 0. The third-order valence-electron chi connectivity index (χ3n) is 3.81. The van der Waals surface area contributed by atoms with E-state index in [4.69, 9.17) is 9.26 Å². The molecule has 0 aliphatic heterocycles. The van der Waals surface area contributed by atoms with Crippen molar-refractivity contribution in [3.63, 3.8) is 0 Å². The normalized spacial score (nSPS) is 12.7. The molecule has 0 aliphatic carbocycles. The maximum absolute atomic E-state index is 6.05. The highest BCUT2D eigenvalue weighted by Gasteiger charge is 2.08. The number of aryl methyl sites for hydroxylation is 1. The lowest BCUT2D eigenvalue weighted by atomic mass is 10.1. The minimum atomic E-state index is 0.183. The Morgan fingerprint density at radius 1 is 1.28 bits per heavy atom. The highest BCUT2D eigenvalue weighted by atomic mass is 16.5. The summed E-state index contributed by atoms with van der Waals surface area (Å²) in [6, 6.07) is 8.07. The molecule has 1 aromatic carbocycles. The van der Waals surface area contributed by atoms with Crippen LogP contribution < -0.4 is 15.4 Å². The third kappa shape index (κ3) is 6.14. The van der Waals surface area contributed by atoms with Crippen molar-refractivity contribution in [2.24, 2.45) is 4.99 Å². The summed E-state index contributed by atoms with van der Waals surface area (Å²) in [6.07, 6.45) is 2.72. The highest BCUT2D eigenvalue weighted by molar-refractivity contribution is 5.79. The molecule has 0 aliphatic rings. The van der Waals surface area contributed by atoms with Crippen molar-refractivity contribution < 1.29 is 9.26 Å². The topological polar surface area (TPSA) is 71.7 Å². The summed E-state index contributed by atoms with van der Waals surface area (Å²) in [5, 5.41) is 10.4. The molecule has 2 aromatic rings. The molecular weight excluding hydrogens is 316 g/mol. The Hall–Kier alpha value is -2.50. The predicted molar refractivity (Wildman–Crippen MR) is 99.7 cm³/mol. The monoisotopic (exact) mass is 344 g/mol. The molecule has 1 aromatic heterocycles. The summed E-state index contributed by atoms with van der Waals surface area (Å²) in [5.74, 6) is 1.64. The van der Waals surface area contributed by atoms with Gasteiger partial charge in [0, 0.05) is 18.2 Å². The largest absolute Gasteiger partial charge is 0.490 e. The Bertz CT molecular complexity index is 668. The predicted octanol–water partition coefficient (Wildman–Crippen LogP) is 3.42. The summed E-state index contributed by atoms with van der Waals surface area (Å²) < 4.78 is 10.9. The van der Waals surface area contributed by atoms with Crippen molar-refractivity contribution in [3.05, 3.63) is 47.3 Å². The van der Waals surface area contributed by atoms with E-state index in [-0.39, 0.29) is 6.10 Å². The zero-order chi connectivity index (χ0) is 18.1. The van der Waals surface area contributed by atoms with E-state index in [1.54, 1.807) is 6.26 Å². The first-order valence-electron chi connectivity index (χ1n) is 8.80. The van der Waals surface area contributed by atoms with Gasteiger partial charge in [-0.05, 0) is 38.8 Å². The molecule has 2 rings (SSSR count). The van der Waals surface area contributed by atoms with Crippen LogP contribution in [0.4, 0.5) is 0 Å². The average molecular weight is 344 g/mol. The Kier molecular flexibility index (Phi) is 7.32. The number of ether oxygens (including phenoxy) is 1. The van der Waals surface area contributed by atoms with Crippen LogP contribution in [0.5, 0.6) is 5.75 Å². The van der Waals surface area contributed by atoms with Crippen LogP contribution in [0.1, 0.15) is 44.0 Å². The van der Waals surface area contributed by atoms with E-state index in [9.17, 15) is 0 Å². The van der Waals surface area contributed by atoms with Gasteiger partial charge in [0.1, 0.15) is 17.7 Å². The van der Waals surface area contributed by atoms with E-state index in [1.165, 1.54) is 5.56 Å². The fraction of sp³-hybridized carbons (Fsp3) is 0.474. The molecule has 0 bridgehead atoms. The van der Waals surface area contributed by atoms with Crippen molar-refractivity contribution in [2.75, 3.05) is 6.54 Å². The van der Waals surface area contributed by atoms with Crippen LogP contribution in [0.15, 0.2) is 40.0 Å². The van der Waals surface area contributed by atoms with Crippen LogP contribution in [-0.2, 0) is 13.1 Å². The van der Waals surface area contributed by atoms with Gasteiger partial charge in [-0.1, -0.05) is 24.2 Å². The fourth-order valence-corrected chi connectivity index (χ4v) is 2.21. The molecule has 0 amide bonds. The molecule has 0 saturated carbocycles. The molecule has 6 nitrogen and oxygen atoms in total. The zero-order valence-electron chi connectivity index (χ0n) is 15.5. The molecule has 6 heteroatoms. The van der Waals surface area contributed by atoms with E-state index >= 15 is 0 Å². The van der Waals surface area contributed by atoms with E-state index < -0.39 is 0 Å². The number of hydrogen-bond donors (Lipinski definition) is 2. The standard InChI is InChI=1S/C19H28N4O2/c1-5-15(4)25-18-11-14(3)7-8-16(18)12-21-19(20-6-2)22-13-17-9-10-24-23-17/h7-11,15H,5-6,12-13H2,1-4H3,(H2,20,21,22). The zero-order valence-corrected chi connectivity index (χ0v) is 15.5. The van der Waals surface area contributed by atoms with Crippen molar-refractivity contribution in [1.82, 2.24) is 15.8 Å². The Labute approximate surface area is 149 Å². The van der Waals surface area contributed by atoms with Gasteiger partial charge >= 0.3 is 0 Å². The summed E-state index contributed by atoms with van der Waals surface area (Å²) in [4.78, 5) is 4.66. The minimum Gasteiger partial charge on any atom is -0.490 e. The molecule has 0 spiro atoms. The number of nitrogens with one attached hydrogen (secondary N) is 2. The molecule has 25 heavy (non-hydrogen) atoms. The lowest BCUT2D eigenvalue weighted by Gasteiger charge is -2.16. The molecule has 0 radical (unpaired) electrons. The minimum absolute atomic E-state index is 0.183. The van der Waals surface area contributed by atoms with Gasteiger partial charge in [0.15, 0.2) is 5.96 Å². The second-order valence-electron chi connectivity index (χ2n) is 5.99. The maximum atomic E-state index is 6.05. The summed E-state index contributed by atoms with van der Waals surface area (Å²) in [7, 11) is 0. The molecule has 0 saturated heterocycles. The molecular formula is C19H28N4O2. The van der Waals surface area contributed by atoms with Crippen LogP contribution in [0.25, 0.3) is 0 Å². The van der Waals surface area contributed by atoms with E-state index in [0.29, 0.717) is 13.1 Å². The summed E-state index contributed by atoms with van der Waals surface area (Å²) in [6.45, 7) is 10.2. The lowest BCUT2D eigenvalue weighted by Crippen LogP contribution is -2.36. The number of nitrogens with zero attached hydrogens (tertiary/aromatic N) is 2. The number of benzene rings is 1. The smallest absolute Gasteiger partial charge is 0.191 e. The van der Waals surface area contributed by atoms with Crippen LogP contribution in [0.3, 0.4) is 0 Å². The van der Waals surface area contributed by atoms with Crippen LogP contribution in [0.2, 0.25) is 0 Å². The van der Waals surface area contributed by atoms with Crippen molar-refractivity contribution in [2.45, 2.75) is 53.3 Å². The first-order chi connectivity index (χ1) is 12.1. The van der Waals surface area contributed by atoms with Gasteiger partial charge < -0.3 is 19.9 Å². The number of guanidine groups is 1. The average Bonchev–Trinajstić information content (AvgIpc) is 3.12. The Morgan fingerprint density at radius 2 is 2.12 bits per heavy atom. The van der Waals surface area contributed by atoms with Gasteiger partial charge in [-0.25, -0.2) is 4.99 Å². The second-order valence-corrected chi connectivity index (χ2v) is 5.99. The van der Waals surface area contributed by atoms with E-state index in [0.717, 1.165) is 35.9 Å². The molecule has 0 fully saturated rings. The molecule has 1 heterocycles. The van der Waals surface area contributed by atoms with Gasteiger partial charge in [-0.15, -0.1) is 0 Å². The van der Waals surface area contributed by atoms with Crippen LogP contribution in [-0.4, -0.2) is 23.8 Å². The van der Waals surface area contributed by atoms with Crippen LogP contribution in [0, 0.1) is 6.92 Å². The van der Waals surface area contributed by atoms with Crippen molar-refractivity contribution in [3.8, 4) is 5.75 Å². The molecule has 1 atom stereocenters. The fourth-order valence-electron chi connectivity index (χ4n) is 2.21.